The summed E-state index contributed by atoms with van der Waals surface area (Å²) >= 11 is 11.9. The highest BCUT2D eigenvalue weighted by molar-refractivity contribution is 6.42. The minimum Gasteiger partial charge on any atom is -0.350 e. The van der Waals surface area contributed by atoms with Gasteiger partial charge in [-0.15, -0.1) is 0 Å². The van der Waals surface area contributed by atoms with Gasteiger partial charge >= 0.3 is 0 Å². The van der Waals surface area contributed by atoms with Crippen LogP contribution in [0.5, 0.6) is 0 Å². The number of carbonyl (C=O) groups excluding carboxylic acids is 1. The molecule has 20 heavy (non-hydrogen) atoms. The van der Waals surface area contributed by atoms with Gasteiger partial charge in [0.1, 0.15) is 0 Å². The van der Waals surface area contributed by atoms with Gasteiger partial charge in [-0.3, -0.25) is 9.78 Å². The van der Waals surface area contributed by atoms with Crippen molar-refractivity contribution in [2.45, 2.75) is 19.9 Å². The van der Waals surface area contributed by atoms with Gasteiger partial charge in [-0.05, 0) is 37.6 Å². The predicted molar refractivity (Wildman–Crippen MR) is 82.3 cm³/mol. The van der Waals surface area contributed by atoms with Crippen molar-refractivity contribution in [1.82, 2.24) is 10.3 Å². The summed E-state index contributed by atoms with van der Waals surface area (Å²) in [4.78, 5) is 16.1. The second kappa shape index (κ2) is 6.25. The molecule has 1 aromatic heterocycles. The molecule has 0 spiro atoms. The molecule has 1 amide bonds. The van der Waals surface area contributed by atoms with Crippen LogP contribution >= 0.6 is 23.2 Å². The largest absolute Gasteiger partial charge is 0.350 e. The lowest BCUT2D eigenvalue weighted by molar-refractivity contribution is 0.0943. The molecule has 2 rings (SSSR count). The molecular weight excluding hydrogens is 295 g/mol. The zero-order valence-corrected chi connectivity index (χ0v) is 12.7. The Morgan fingerprint density at radius 3 is 2.50 bits per heavy atom. The van der Waals surface area contributed by atoms with Crippen molar-refractivity contribution in [1.29, 1.82) is 0 Å². The number of rotatable bonds is 3. The molecule has 0 atom stereocenters. The first-order valence-electron chi connectivity index (χ1n) is 6.18. The topological polar surface area (TPSA) is 42.0 Å². The SMILES string of the molecule is CC(C)NC(=O)c1cncc(-c2ccc(Cl)c(Cl)c2)c1. The Hall–Kier alpha value is -1.58. The summed E-state index contributed by atoms with van der Waals surface area (Å²) in [7, 11) is 0. The summed E-state index contributed by atoms with van der Waals surface area (Å²) in [5.74, 6) is -0.144. The maximum Gasteiger partial charge on any atom is 0.253 e. The van der Waals surface area contributed by atoms with Crippen molar-refractivity contribution in [2.75, 3.05) is 0 Å². The summed E-state index contributed by atoms with van der Waals surface area (Å²) in [6.45, 7) is 3.82. The smallest absolute Gasteiger partial charge is 0.253 e. The average molecular weight is 309 g/mol. The number of halogens is 2. The van der Waals surface area contributed by atoms with E-state index in [9.17, 15) is 4.79 Å². The molecule has 0 fully saturated rings. The van der Waals surface area contributed by atoms with Crippen molar-refractivity contribution in [3.63, 3.8) is 0 Å². The van der Waals surface area contributed by atoms with E-state index in [1.54, 1.807) is 30.6 Å². The summed E-state index contributed by atoms with van der Waals surface area (Å²) < 4.78 is 0. The molecule has 2 aromatic rings. The van der Waals surface area contributed by atoms with Gasteiger partial charge in [-0.25, -0.2) is 0 Å². The van der Waals surface area contributed by atoms with Crippen LogP contribution in [0.15, 0.2) is 36.7 Å². The van der Waals surface area contributed by atoms with E-state index >= 15 is 0 Å². The number of pyridine rings is 1. The van der Waals surface area contributed by atoms with E-state index in [2.05, 4.69) is 10.3 Å². The quantitative estimate of drug-likeness (QED) is 0.923. The van der Waals surface area contributed by atoms with Gasteiger partial charge in [-0.2, -0.15) is 0 Å². The van der Waals surface area contributed by atoms with Gasteiger partial charge in [0.25, 0.3) is 5.91 Å². The Kier molecular flexibility index (Phi) is 4.63. The summed E-state index contributed by atoms with van der Waals surface area (Å²) in [6.07, 6.45) is 3.23. The van der Waals surface area contributed by atoms with E-state index in [0.717, 1.165) is 11.1 Å². The third-order valence-corrected chi connectivity index (χ3v) is 3.41. The fourth-order valence-electron chi connectivity index (χ4n) is 1.74. The van der Waals surface area contributed by atoms with Crippen LogP contribution in [0.2, 0.25) is 10.0 Å². The minimum atomic E-state index is -0.144. The van der Waals surface area contributed by atoms with Crippen molar-refractivity contribution >= 4 is 29.1 Å². The number of carbonyl (C=O) groups is 1. The zero-order valence-electron chi connectivity index (χ0n) is 11.2. The highest BCUT2D eigenvalue weighted by Crippen LogP contribution is 2.28. The van der Waals surface area contributed by atoms with E-state index in [0.29, 0.717) is 15.6 Å². The van der Waals surface area contributed by atoms with Crippen LogP contribution in [0.3, 0.4) is 0 Å². The van der Waals surface area contributed by atoms with Crippen LogP contribution in [0, 0.1) is 0 Å². The second-order valence-electron chi connectivity index (χ2n) is 4.72. The van der Waals surface area contributed by atoms with Crippen molar-refractivity contribution in [3.8, 4) is 11.1 Å². The first-order chi connectivity index (χ1) is 9.47. The summed E-state index contributed by atoms with van der Waals surface area (Å²) in [6, 6.07) is 7.18. The first-order valence-corrected chi connectivity index (χ1v) is 6.94. The Morgan fingerprint density at radius 1 is 1.10 bits per heavy atom. The number of amides is 1. The molecule has 1 heterocycles. The van der Waals surface area contributed by atoms with Crippen LogP contribution < -0.4 is 5.32 Å². The zero-order chi connectivity index (χ0) is 14.7. The summed E-state index contributed by atoms with van der Waals surface area (Å²) in [5, 5.41) is 3.80. The number of nitrogens with one attached hydrogen (secondary N) is 1. The lowest BCUT2D eigenvalue weighted by Gasteiger charge is -2.09. The van der Waals surface area contributed by atoms with Crippen LogP contribution in [0.25, 0.3) is 11.1 Å². The molecular formula is C15H14Cl2N2O. The molecule has 0 bridgehead atoms. The van der Waals surface area contributed by atoms with Crippen LogP contribution in [0.1, 0.15) is 24.2 Å². The molecule has 3 nitrogen and oxygen atoms in total. The number of benzene rings is 1. The molecule has 0 unspecified atom stereocenters. The van der Waals surface area contributed by atoms with Crippen molar-refractivity contribution in [2.24, 2.45) is 0 Å². The number of nitrogens with zero attached hydrogens (tertiary/aromatic N) is 1. The number of hydrogen-bond donors (Lipinski definition) is 1. The van der Waals surface area contributed by atoms with Gasteiger partial charge < -0.3 is 5.32 Å². The van der Waals surface area contributed by atoms with Crippen molar-refractivity contribution in [3.05, 3.63) is 52.3 Å². The number of hydrogen-bond acceptors (Lipinski definition) is 2. The van der Waals surface area contributed by atoms with E-state index in [1.165, 1.54) is 0 Å². The predicted octanol–water partition coefficient (Wildman–Crippen LogP) is 4.19. The third-order valence-electron chi connectivity index (χ3n) is 2.67. The minimum absolute atomic E-state index is 0.0798. The fraction of sp³-hybridized carbons (Fsp3) is 0.200. The molecule has 0 saturated heterocycles. The van der Waals surface area contributed by atoms with E-state index in [4.69, 9.17) is 23.2 Å². The lowest BCUT2D eigenvalue weighted by atomic mass is 10.1. The molecule has 1 N–H and O–H groups in total. The molecule has 0 aliphatic carbocycles. The molecule has 0 aliphatic heterocycles. The monoisotopic (exact) mass is 308 g/mol. The van der Waals surface area contributed by atoms with Crippen LogP contribution in [-0.2, 0) is 0 Å². The van der Waals surface area contributed by atoms with Gasteiger partial charge in [0.05, 0.1) is 15.6 Å². The fourth-order valence-corrected chi connectivity index (χ4v) is 2.04. The third kappa shape index (κ3) is 3.50. The van der Waals surface area contributed by atoms with Gasteiger partial charge in [0.15, 0.2) is 0 Å². The van der Waals surface area contributed by atoms with E-state index in [-0.39, 0.29) is 11.9 Å². The van der Waals surface area contributed by atoms with Crippen LogP contribution in [0.4, 0.5) is 0 Å². The maximum atomic E-state index is 12.0. The van der Waals surface area contributed by atoms with Crippen molar-refractivity contribution < 1.29 is 4.79 Å². The maximum absolute atomic E-state index is 12.0. The van der Waals surface area contributed by atoms with Gasteiger partial charge in [0, 0.05) is 24.0 Å². The highest BCUT2D eigenvalue weighted by atomic mass is 35.5. The standard InChI is InChI=1S/C15H14Cl2N2O/c1-9(2)19-15(20)12-5-11(7-18-8-12)10-3-4-13(16)14(17)6-10/h3-9H,1-2H3,(H,19,20). The lowest BCUT2D eigenvalue weighted by Crippen LogP contribution is -2.30. The van der Waals surface area contributed by atoms with E-state index in [1.807, 2.05) is 19.9 Å². The Balaban J connectivity index is 2.34. The average Bonchev–Trinajstić information content (AvgIpc) is 2.41. The molecule has 0 aliphatic rings. The van der Waals surface area contributed by atoms with Gasteiger partial charge in [0.2, 0.25) is 0 Å². The highest BCUT2D eigenvalue weighted by Gasteiger charge is 2.09. The molecule has 0 radical (unpaired) electrons. The number of aromatic nitrogens is 1. The normalized spacial score (nSPS) is 10.7. The molecule has 1 aromatic carbocycles. The second-order valence-corrected chi connectivity index (χ2v) is 5.53. The Labute approximate surface area is 127 Å². The Morgan fingerprint density at radius 2 is 1.85 bits per heavy atom. The Bertz CT molecular complexity index is 642. The summed E-state index contributed by atoms with van der Waals surface area (Å²) in [5.41, 5.74) is 2.20. The molecule has 5 heteroatoms. The van der Waals surface area contributed by atoms with Crippen LogP contribution in [-0.4, -0.2) is 16.9 Å². The van der Waals surface area contributed by atoms with Gasteiger partial charge in [-0.1, -0.05) is 29.3 Å². The molecule has 0 saturated carbocycles. The first kappa shape index (κ1) is 14.8. The molecule has 104 valence electrons. The van der Waals surface area contributed by atoms with E-state index < -0.39 is 0 Å².